The van der Waals surface area contributed by atoms with Crippen LogP contribution in [0.25, 0.3) is 6.08 Å². The van der Waals surface area contributed by atoms with Crippen LogP contribution < -0.4 is 0 Å². The molecule has 1 N–H and O–H groups in total. The summed E-state index contributed by atoms with van der Waals surface area (Å²) in [6, 6.07) is 5.90. The fourth-order valence-electron chi connectivity index (χ4n) is 6.39. The molecule has 3 aliphatic carbocycles. The molecule has 152 valence electrons. The number of aromatic nitrogens is 2. The van der Waals surface area contributed by atoms with E-state index in [4.69, 9.17) is 0 Å². The second-order valence-electron chi connectivity index (χ2n) is 9.48. The number of benzene rings is 1. The molecule has 0 amide bonds. The van der Waals surface area contributed by atoms with Gasteiger partial charge in [-0.1, -0.05) is 13.0 Å². The van der Waals surface area contributed by atoms with Gasteiger partial charge < -0.3 is 5.11 Å². The Bertz CT molecular complexity index is 1020. The summed E-state index contributed by atoms with van der Waals surface area (Å²) in [4.78, 5) is 13.5. The summed E-state index contributed by atoms with van der Waals surface area (Å²) >= 11 is 0. The van der Waals surface area contributed by atoms with Gasteiger partial charge in [0.05, 0.1) is 5.69 Å². The lowest BCUT2D eigenvalue weighted by Gasteiger charge is -2.48. The molecule has 2 aromatic rings. The predicted octanol–water partition coefficient (Wildman–Crippen LogP) is 5.04. The van der Waals surface area contributed by atoms with Crippen LogP contribution >= 0.6 is 0 Å². The molecular formula is C25H30N2O2. The van der Waals surface area contributed by atoms with Crippen LogP contribution in [0.5, 0.6) is 5.75 Å². The Hall–Kier alpha value is -2.36. The van der Waals surface area contributed by atoms with Gasteiger partial charge in [-0.05, 0) is 98.6 Å². The number of fused-ring (bicyclic) bond motifs is 5. The number of nitrogens with zero attached hydrogens (tertiary/aromatic N) is 2. The van der Waals surface area contributed by atoms with E-state index < -0.39 is 0 Å². The van der Waals surface area contributed by atoms with Gasteiger partial charge in [0.15, 0.2) is 5.78 Å². The topological polar surface area (TPSA) is 55.1 Å². The molecule has 0 radical (unpaired) electrons. The standard InChI is InChI=1S/C25H30N2O2/c1-4-27-14-18(15(2)26-27)11-17-13-23-22-7-5-16-12-19(28)6-8-20(16)21(22)9-10-25(23,3)24(17)29/h6,8,11-12,14,21-23,28H,4-5,7,9-10,13H2,1-3H3/b17-11+. The Labute approximate surface area is 172 Å². The third-order valence-corrected chi connectivity index (χ3v) is 7.99. The third-order valence-electron chi connectivity index (χ3n) is 7.99. The number of hydrogen-bond acceptors (Lipinski definition) is 3. The number of phenols is 1. The van der Waals surface area contributed by atoms with Crippen molar-refractivity contribution in [2.45, 2.75) is 65.3 Å². The zero-order valence-corrected chi connectivity index (χ0v) is 17.6. The summed E-state index contributed by atoms with van der Waals surface area (Å²) in [5, 5.41) is 14.4. The normalized spacial score (nSPS) is 32.2. The number of carbonyl (C=O) groups is 1. The number of aryl methyl sites for hydroxylation is 3. The minimum atomic E-state index is -0.226. The van der Waals surface area contributed by atoms with Gasteiger partial charge in [-0.25, -0.2) is 0 Å². The van der Waals surface area contributed by atoms with Crippen molar-refractivity contribution in [3.63, 3.8) is 0 Å². The smallest absolute Gasteiger partial charge is 0.165 e. The summed E-state index contributed by atoms with van der Waals surface area (Å²) in [7, 11) is 0. The van der Waals surface area contributed by atoms with Gasteiger partial charge in [0.1, 0.15) is 5.75 Å². The highest BCUT2D eigenvalue weighted by molar-refractivity contribution is 6.06. The van der Waals surface area contributed by atoms with Gasteiger partial charge >= 0.3 is 0 Å². The third kappa shape index (κ3) is 2.79. The number of allylic oxidation sites excluding steroid dienone is 1. The van der Waals surface area contributed by atoms with Crippen LogP contribution in [0.15, 0.2) is 30.0 Å². The highest BCUT2D eigenvalue weighted by Gasteiger charge is 2.56. The summed E-state index contributed by atoms with van der Waals surface area (Å²) in [5.74, 6) is 2.23. The minimum absolute atomic E-state index is 0.226. The summed E-state index contributed by atoms with van der Waals surface area (Å²) in [5.41, 5.74) is 5.56. The molecule has 4 nitrogen and oxygen atoms in total. The molecule has 0 bridgehead atoms. The van der Waals surface area contributed by atoms with Gasteiger partial charge in [0, 0.05) is 23.7 Å². The Balaban J connectivity index is 1.49. The molecule has 0 saturated heterocycles. The molecule has 1 aromatic carbocycles. The van der Waals surface area contributed by atoms with E-state index >= 15 is 0 Å². The average molecular weight is 391 g/mol. The molecule has 2 saturated carbocycles. The number of hydrogen-bond donors (Lipinski definition) is 1. The lowest BCUT2D eigenvalue weighted by molar-refractivity contribution is -0.127. The quantitative estimate of drug-likeness (QED) is 0.731. The first-order valence-corrected chi connectivity index (χ1v) is 11.0. The zero-order chi connectivity index (χ0) is 20.3. The van der Waals surface area contributed by atoms with Crippen molar-refractivity contribution in [3.05, 3.63) is 52.4 Å². The lowest BCUT2D eigenvalue weighted by atomic mass is 9.55. The van der Waals surface area contributed by atoms with Crippen LogP contribution in [0.4, 0.5) is 0 Å². The van der Waals surface area contributed by atoms with Gasteiger partial charge in [0.2, 0.25) is 0 Å². The Morgan fingerprint density at radius 2 is 2.17 bits per heavy atom. The molecule has 3 aliphatic rings. The zero-order valence-electron chi connectivity index (χ0n) is 17.6. The molecule has 0 aliphatic heterocycles. The average Bonchev–Trinajstić information content (AvgIpc) is 3.19. The monoisotopic (exact) mass is 390 g/mol. The van der Waals surface area contributed by atoms with Gasteiger partial charge in [0.25, 0.3) is 0 Å². The van der Waals surface area contributed by atoms with Crippen molar-refractivity contribution in [2.24, 2.45) is 17.3 Å². The Morgan fingerprint density at radius 3 is 2.93 bits per heavy atom. The summed E-state index contributed by atoms with van der Waals surface area (Å²) < 4.78 is 1.94. The van der Waals surface area contributed by atoms with Gasteiger partial charge in [-0.2, -0.15) is 5.10 Å². The number of phenolic OH excluding ortho intramolecular Hbond substituents is 1. The van der Waals surface area contributed by atoms with Crippen molar-refractivity contribution >= 4 is 11.9 Å². The van der Waals surface area contributed by atoms with Crippen LogP contribution in [0.1, 0.15) is 67.8 Å². The molecule has 4 heteroatoms. The van der Waals surface area contributed by atoms with E-state index in [0.717, 1.165) is 55.5 Å². The first-order valence-electron chi connectivity index (χ1n) is 11.0. The molecule has 1 aromatic heterocycles. The first kappa shape index (κ1) is 18.7. The van der Waals surface area contributed by atoms with E-state index in [1.807, 2.05) is 23.7 Å². The van der Waals surface area contributed by atoms with Crippen molar-refractivity contribution in [1.82, 2.24) is 9.78 Å². The van der Waals surface area contributed by atoms with E-state index in [2.05, 4.69) is 37.3 Å². The van der Waals surface area contributed by atoms with E-state index in [1.54, 1.807) is 0 Å². The number of rotatable bonds is 2. The number of Topliss-reactive ketones (excluding diaryl/α,β-unsaturated/α-hetero) is 1. The van der Waals surface area contributed by atoms with Crippen LogP contribution in [-0.2, 0) is 17.8 Å². The number of carbonyl (C=O) groups excluding carboxylic acids is 1. The second-order valence-corrected chi connectivity index (χ2v) is 9.48. The van der Waals surface area contributed by atoms with E-state index in [0.29, 0.717) is 29.3 Å². The van der Waals surface area contributed by atoms with Crippen LogP contribution in [-0.4, -0.2) is 20.7 Å². The fraction of sp³-hybridized carbons (Fsp3) is 0.520. The number of ketones is 1. The van der Waals surface area contributed by atoms with Crippen LogP contribution in [0, 0.1) is 24.2 Å². The maximum atomic E-state index is 13.5. The largest absolute Gasteiger partial charge is 0.508 e. The first-order chi connectivity index (χ1) is 13.9. The molecular weight excluding hydrogens is 360 g/mol. The molecule has 4 unspecified atom stereocenters. The fourth-order valence-corrected chi connectivity index (χ4v) is 6.39. The van der Waals surface area contributed by atoms with Crippen molar-refractivity contribution in [2.75, 3.05) is 0 Å². The van der Waals surface area contributed by atoms with E-state index in [-0.39, 0.29) is 5.41 Å². The predicted molar refractivity (Wildman–Crippen MR) is 114 cm³/mol. The molecule has 29 heavy (non-hydrogen) atoms. The molecule has 1 heterocycles. The molecule has 2 fully saturated rings. The number of aromatic hydroxyl groups is 1. The van der Waals surface area contributed by atoms with Crippen molar-refractivity contribution < 1.29 is 9.90 Å². The van der Waals surface area contributed by atoms with Gasteiger partial charge in [-0.15, -0.1) is 0 Å². The second kappa shape index (κ2) is 6.58. The Kier molecular flexibility index (Phi) is 4.23. The van der Waals surface area contributed by atoms with E-state index in [1.165, 1.54) is 11.1 Å². The maximum Gasteiger partial charge on any atom is 0.165 e. The van der Waals surface area contributed by atoms with Crippen molar-refractivity contribution in [1.29, 1.82) is 0 Å². The van der Waals surface area contributed by atoms with Crippen molar-refractivity contribution in [3.8, 4) is 5.75 Å². The van der Waals surface area contributed by atoms with E-state index in [9.17, 15) is 9.90 Å². The maximum absolute atomic E-state index is 13.5. The van der Waals surface area contributed by atoms with Gasteiger partial charge in [-0.3, -0.25) is 9.48 Å². The molecule has 0 spiro atoms. The summed E-state index contributed by atoms with van der Waals surface area (Å²) in [6.45, 7) is 7.17. The van der Waals surface area contributed by atoms with Crippen LogP contribution in [0.2, 0.25) is 0 Å². The molecule has 5 rings (SSSR count). The minimum Gasteiger partial charge on any atom is -0.508 e. The SMILES string of the molecule is CCn1cc(/C=C2\CC3C4CCc5cc(O)ccc5C4CCC3(C)C2=O)c(C)n1. The lowest BCUT2D eigenvalue weighted by Crippen LogP contribution is -2.42. The highest BCUT2D eigenvalue weighted by Crippen LogP contribution is 2.60. The molecule has 4 atom stereocenters. The Morgan fingerprint density at radius 1 is 1.34 bits per heavy atom. The van der Waals surface area contributed by atoms with Crippen LogP contribution in [0.3, 0.4) is 0 Å². The highest BCUT2D eigenvalue weighted by atomic mass is 16.3. The summed E-state index contributed by atoms with van der Waals surface area (Å²) in [6.07, 6.45) is 9.22.